The summed E-state index contributed by atoms with van der Waals surface area (Å²) in [6, 6.07) is 9.64. The Labute approximate surface area is 88.7 Å². The summed E-state index contributed by atoms with van der Waals surface area (Å²) < 4.78 is 4.90. The van der Waals surface area contributed by atoms with Crippen LogP contribution in [0.3, 0.4) is 0 Å². The van der Waals surface area contributed by atoms with Gasteiger partial charge in [0.1, 0.15) is 6.61 Å². The molecule has 15 heavy (non-hydrogen) atoms. The Hall–Kier alpha value is -1.39. The molecule has 1 aromatic rings. The Balaban J connectivity index is 2.24. The van der Waals surface area contributed by atoms with Crippen LogP contribution in [0.2, 0.25) is 0 Å². The maximum atomic E-state index is 10.2. The summed E-state index contributed by atoms with van der Waals surface area (Å²) in [6.45, 7) is -0.0241. The van der Waals surface area contributed by atoms with Crippen LogP contribution in [0.1, 0.15) is 5.56 Å². The molecule has 1 aromatic carbocycles. The zero-order chi connectivity index (χ0) is 11.1. The van der Waals surface area contributed by atoms with Gasteiger partial charge >= 0.3 is 5.97 Å². The van der Waals surface area contributed by atoms with E-state index >= 15 is 0 Å². The minimum atomic E-state index is -0.970. The van der Waals surface area contributed by atoms with E-state index in [0.717, 1.165) is 5.56 Å². The Bertz CT molecular complexity index is 300. The molecule has 0 aliphatic heterocycles. The van der Waals surface area contributed by atoms with E-state index in [1.807, 2.05) is 30.3 Å². The van der Waals surface area contributed by atoms with E-state index < -0.39 is 5.97 Å². The average molecular weight is 209 g/mol. The first-order valence-electron chi connectivity index (χ1n) is 4.77. The Morgan fingerprint density at radius 2 is 2.07 bits per heavy atom. The van der Waals surface area contributed by atoms with Gasteiger partial charge in [0.05, 0.1) is 6.61 Å². The highest BCUT2D eigenvalue weighted by Gasteiger charge is 2.05. The molecule has 0 aliphatic rings. The molecule has 0 aromatic heterocycles. The minimum Gasteiger partial charge on any atom is -0.480 e. The number of ether oxygens (including phenoxy) is 1. The number of hydrogen-bond acceptors (Lipinski definition) is 3. The van der Waals surface area contributed by atoms with Gasteiger partial charge < -0.3 is 15.6 Å². The topological polar surface area (TPSA) is 72.5 Å². The van der Waals surface area contributed by atoms with Crippen LogP contribution in [-0.4, -0.2) is 30.3 Å². The SMILES string of the molecule is NC(COCC(=O)O)Cc1ccccc1. The fourth-order valence-corrected chi connectivity index (χ4v) is 1.27. The van der Waals surface area contributed by atoms with Crippen molar-refractivity contribution in [1.82, 2.24) is 0 Å². The molecule has 0 fully saturated rings. The van der Waals surface area contributed by atoms with Gasteiger partial charge in [0, 0.05) is 6.04 Å². The molecule has 0 bridgehead atoms. The van der Waals surface area contributed by atoms with Crippen molar-refractivity contribution in [2.75, 3.05) is 13.2 Å². The van der Waals surface area contributed by atoms with E-state index in [0.29, 0.717) is 6.42 Å². The molecule has 1 atom stereocenters. The molecule has 1 rings (SSSR count). The summed E-state index contributed by atoms with van der Waals surface area (Å²) in [4.78, 5) is 10.2. The summed E-state index contributed by atoms with van der Waals surface area (Å²) in [5.41, 5.74) is 6.90. The van der Waals surface area contributed by atoms with Crippen molar-refractivity contribution in [1.29, 1.82) is 0 Å². The molecule has 0 amide bonds. The highest BCUT2D eigenvalue weighted by molar-refractivity contribution is 5.67. The normalized spacial score (nSPS) is 12.3. The third-order valence-corrected chi connectivity index (χ3v) is 1.90. The third kappa shape index (κ3) is 5.15. The average Bonchev–Trinajstić information content (AvgIpc) is 2.18. The molecule has 0 saturated heterocycles. The number of benzene rings is 1. The second-order valence-electron chi connectivity index (χ2n) is 3.36. The highest BCUT2D eigenvalue weighted by atomic mass is 16.5. The number of aliphatic carboxylic acids is 1. The minimum absolute atomic E-state index is 0.160. The summed E-state index contributed by atoms with van der Waals surface area (Å²) >= 11 is 0. The molecule has 1 unspecified atom stereocenters. The largest absolute Gasteiger partial charge is 0.480 e. The molecule has 0 spiro atoms. The molecule has 4 nitrogen and oxygen atoms in total. The first-order valence-corrected chi connectivity index (χ1v) is 4.77. The second kappa shape index (κ2) is 6.16. The monoisotopic (exact) mass is 209 g/mol. The highest BCUT2D eigenvalue weighted by Crippen LogP contribution is 2.01. The predicted octanol–water partition coefficient (Wildman–Crippen LogP) is 0.658. The van der Waals surface area contributed by atoms with Crippen LogP contribution < -0.4 is 5.73 Å². The van der Waals surface area contributed by atoms with E-state index in [2.05, 4.69) is 0 Å². The van der Waals surface area contributed by atoms with Crippen LogP contribution in [0.25, 0.3) is 0 Å². The maximum Gasteiger partial charge on any atom is 0.329 e. The zero-order valence-electron chi connectivity index (χ0n) is 8.43. The molecule has 3 N–H and O–H groups in total. The van der Waals surface area contributed by atoms with E-state index in [1.165, 1.54) is 0 Å². The van der Waals surface area contributed by atoms with E-state index in [4.69, 9.17) is 15.6 Å². The fraction of sp³-hybridized carbons (Fsp3) is 0.364. The van der Waals surface area contributed by atoms with Crippen LogP contribution >= 0.6 is 0 Å². The number of carboxylic acids is 1. The van der Waals surface area contributed by atoms with Crippen LogP contribution in [0, 0.1) is 0 Å². The molecule has 0 heterocycles. The van der Waals surface area contributed by atoms with Crippen molar-refractivity contribution in [2.24, 2.45) is 5.73 Å². The van der Waals surface area contributed by atoms with Crippen molar-refractivity contribution >= 4 is 5.97 Å². The summed E-state index contributed by atoms with van der Waals surface area (Å²) in [6.07, 6.45) is 0.695. The van der Waals surface area contributed by atoms with E-state index in [-0.39, 0.29) is 19.3 Å². The fourth-order valence-electron chi connectivity index (χ4n) is 1.27. The van der Waals surface area contributed by atoms with E-state index in [9.17, 15) is 4.79 Å². The molecule has 82 valence electrons. The van der Waals surface area contributed by atoms with Gasteiger partial charge in [-0.2, -0.15) is 0 Å². The van der Waals surface area contributed by atoms with Crippen molar-refractivity contribution in [2.45, 2.75) is 12.5 Å². The lowest BCUT2D eigenvalue weighted by atomic mass is 10.1. The van der Waals surface area contributed by atoms with Gasteiger partial charge in [-0.05, 0) is 12.0 Å². The van der Waals surface area contributed by atoms with Gasteiger partial charge in [0.2, 0.25) is 0 Å². The Kier molecular flexibility index (Phi) is 4.80. The molecule has 0 saturated carbocycles. The van der Waals surface area contributed by atoms with Gasteiger partial charge in [-0.25, -0.2) is 4.79 Å². The zero-order valence-corrected chi connectivity index (χ0v) is 8.43. The lowest BCUT2D eigenvalue weighted by Gasteiger charge is -2.10. The smallest absolute Gasteiger partial charge is 0.329 e. The Morgan fingerprint density at radius 3 is 2.67 bits per heavy atom. The summed E-state index contributed by atoms with van der Waals surface area (Å²) in [7, 11) is 0. The molecule has 0 aliphatic carbocycles. The number of hydrogen-bond donors (Lipinski definition) is 2. The first kappa shape index (κ1) is 11.7. The van der Waals surface area contributed by atoms with Gasteiger partial charge in [-0.15, -0.1) is 0 Å². The van der Waals surface area contributed by atoms with Crippen LogP contribution in [0.5, 0.6) is 0 Å². The van der Waals surface area contributed by atoms with Crippen LogP contribution in [0.4, 0.5) is 0 Å². The summed E-state index contributed by atoms with van der Waals surface area (Å²) in [5.74, 6) is -0.970. The van der Waals surface area contributed by atoms with Gasteiger partial charge in [0.15, 0.2) is 0 Å². The lowest BCUT2D eigenvalue weighted by Crippen LogP contribution is -2.29. The standard InChI is InChI=1S/C11H15NO3/c12-10(7-15-8-11(13)14)6-9-4-2-1-3-5-9/h1-5,10H,6-8,12H2,(H,13,14). The molecule has 0 radical (unpaired) electrons. The summed E-state index contributed by atoms with van der Waals surface area (Å²) in [5, 5.41) is 8.35. The number of nitrogens with two attached hydrogens (primary N) is 1. The number of carboxylic acid groups (broad SMARTS) is 1. The quantitative estimate of drug-likeness (QED) is 0.721. The van der Waals surface area contributed by atoms with Gasteiger partial charge in [-0.1, -0.05) is 30.3 Å². The maximum absolute atomic E-state index is 10.2. The van der Waals surface area contributed by atoms with Crippen molar-refractivity contribution in [3.8, 4) is 0 Å². The predicted molar refractivity (Wildman–Crippen MR) is 56.6 cm³/mol. The number of carbonyl (C=O) groups is 1. The lowest BCUT2D eigenvalue weighted by molar-refractivity contribution is -0.142. The third-order valence-electron chi connectivity index (χ3n) is 1.90. The molecular weight excluding hydrogens is 194 g/mol. The van der Waals surface area contributed by atoms with Crippen LogP contribution in [-0.2, 0) is 16.0 Å². The molecule has 4 heteroatoms. The van der Waals surface area contributed by atoms with E-state index in [1.54, 1.807) is 0 Å². The van der Waals surface area contributed by atoms with Gasteiger partial charge in [-0.3, -0.25) is 0 Å². The van der Waals surface area contributed by atoms with Gasteiger partial charge in [0.25, 0.3) is 0 Å². The second-order valence-corrected chi connectivity index (χ2v) is 3.36. The first-order chi connectivity index (χ1) is 7.18. The van der Waals surface area contributed by atoms with Crippen LogP contribution in [0.15, 0.2) is 30.3 Å². The van der Waals surface area contributed by atoms with Crippen molar-refractivity contribution < 1.29 is 14.6 Å². The van der Waals surface area contributed by atoms with Crippen molar-refractivity contribution in [3.63, 3.8) is 0 Å². The number of rotatable bonds is 6. The molecular formula is C11H15NO3. The Morgan fingerprint density at radius 1 is 1.40 bits per heavy atom. The van der Waals surface area contributed by atoms with Crippen molar-refractivity contribution in [3.05, 3.63) is 35.9 Å².